The minimum Gasteiger partial charge on any atom is -0.491 e. The van der Waals surface area contributed by atoms with E-state index >= 15 is 0 Å². The van der Waals surface area contributed by atoms with Gasteiger partial charge < -0.3 is 20.1 Å². The molecule has 0 spiro atoms. The number of thiazole rings is 1. The normalized spacial score (nSPS) is 19.8. The summed E-state index contributed by atoms with van der Waals surface area (Å²) in [7, 11) is 0. The summed E-state index contributed by atoms with van der Waals surface area (Å²) in [5, 5.41) is 26.4. The van der Waals surface area contributed by atoms with E-state index in [2.05, 4.69) is 29.3 Å². The van der Waals surface area contributed by atoms with Gasteiger partial charge in [0.05, 0.1) is 28.2 Å². The predicted octanol–water partition coefficient (Wildman–Crippen LogP) is 3.30. The lowest BCUT2D eigenvalue weighted by molar-refractivity contribution is -0.125. The number of β-amino-alcohol motifs (C(OH)–C–C–N with tert-alkyl or cyclic N) is 1. The molecular weight excluding hydrogens is 440 g/mol. The van der Waals surface area contributed by atoms with E-state index in [1.165, 1.54) is 6.07 Å². The number of aliphatic hydroxyl groups is 1. The minimum atomic E-state index is -0.557. The van der Waals surface area contributed by atoms with Crippen molar-refractivity contribution in [2.24, 2.45) is 5.92 Å². The van der Waals surface area contributed by atoms with E-state index in [0.717, 1.165) is 21.7 Å². The maximum Gasteiger partial charge on any atom is 0.251 e. The Labute approximate surface area is 197 Å². The number of hydrogen-bond acceptors (Lipinski definition) is 8. The summed E-state index contributed by atoms with van der Waals surface area (Å²) in [6.07, 6.45) is -0.166. The lowest BCUT2D eigenvalue weighted by Crippen LogP contribution is -2.44. The molecule has 3 N–H and O–H groups in total. The van der Waals surface area contributed by atoms with Crippen molar-refractivity contribution in [1.29, 1.82) is 0 Å². The van der Waals surface area contributed by atoms with Gasteiger partial charge in [-0.15, -0.1) is 11.3 Å². The number of aromatic hydroxyl groups is 1. The monoisotopic (exact) mass is 470 g/mol. The molecule has 1 aliphatic rings. The molecule has 4 rings (SSSR count). The third-order valence-corrected chi connectivity index (χ3v) is 7.21. The van der Waals surface area contributed by atoms with Crippen molar-refractivity contribution in [3.63, 3.8) is 0 Å². The van der Waals surface area contributed by atoms with Crippen LogP contribution in [-0.4, -0.2) is 56.4 Å². The molecule has 3 aromatic rings. The summed E-state index contributed by atoms with van der Waals surface area (Å²) in [5.74, 6) is 0.486. The van der Waals surface area contributed by atoms with Gasteiger partial charge in [0.25, 0.3) is 5.88 Å². The van der Waals surface area contributed by atoms with Crippen LogP contribution in [0.2, 0.25) is 0 Å². The largest absolute Gasteiger partial charge is 0.491 e. The number of aliphatic hydroxyl groups excluding tert-OH is 1. The minimum absolute atomic E-state index is 0.0539. The van der Waals surface area contributed by atoms with Crippen LogP contribution >= 0.6 is 11.3 Å². The molecular formula is C24H30N4O4S. The van der Waals surface area contributed by atoms with Crippen LogP contribution in [0.1, 0.15) is 43.2 Å². The lowest BCUT2D eigenvalue weighted by atomic mass is 9.92. The molecule has 3 heterocycles. The van der Waals surface area contributed by atoms with Crippen molar-refractivity contribution in [3.05, 3.63) is 52.9 Å². The number of amides is 1. The second-order valence-corrected chi connectivity index (χ2v) is 9.83. The highest BCUT2D eigenvalue weighted by molar-refractivity contribution is 7.13. The van der Waals surface area contributed by atoms with Gasteiger partial charge in [0.2, 0.25) is 5.91 Å². The Balaban J connectivity index is 1.38. The molecule has 176 valence electrons. The number of hydrogen-bond donors (Lipinski definition) is 3. The zero-order valence-corrected chi connectivity index (χ0v) is 19.9. The molecule has 0 saturated carbocycles. The molecule has 3 atom stereocenters. The number of aryl methyl sites for hydroxylation is 1. The van der Waals surface area contributed by atoms with Crippen LogP contribution in [0.3, 0.4) is 0 Å². The van der Waals surface area contributed by atoms with Crippen LogP contribution < -0.4 is 5.32 Å². The zero-order chi connectivity index (χ0) is 23.5. The van der Waals surface area contributed by atoms with Crippen molar-refractivity contribution >= 4 is 17.2 Å². The number of carbonyl (C=O) groups is 1. The van der Waals surface area contributed by atoms with Crippen molar-refractivity contribution in [2.75, 3.05) is 13.1 Å². The third-order valence-electron chi connectivity index (χ3n) is 6.23. The van der Waals surface area contributed by atoms with Gasteiger partial charge in [0.15, 0.2) is 0 Å². The van der Waals surface area contributed by atoms with Gasteiger partial charge in [-0.25, -0.2) is 4.98 Å². The first-order valence-electron chi connectivity index (χ1n) is 11.2. The number of nitrogens with one attached hydrogen (secondary N) is 1. The van der Waals surface area contributed by atoms with E-state index < -0.39 is 12.1 Å². The first-order chi connectivity index (χ1) is 15.8. The fourth-order valence-corrected chi connectivity index (χ4v) is 5.16. The maximum absolute atomic E-state index is 13.0. The molecule has 1 unspecified atom stereocenters. The summed E-state index contributed by atoms with van der Waals surface area (Å²) in [5.41, 5.74) is 4.99. The average Bonchev–Trinajstić information content (AvgIpc) is 3.50. The Morgan fingerprint density at radius 1 is 1.33 bits per heavy atom. The molecule has 1 amide bonds. The van der Waals surface area contributed by atoms with Crippen LogP contribution in [0.5, 0.6) is 5.88 Å². The van der Waals surface area contributed by atoms with Crippen LogP contribution in [0, 0.1) is 12.8 Å². The molecule has 0 radical (unpaired) electrons. The fraction of sp³-hybridized carbons (Fsp3) is 0.458. The van der Waals surface area contributed by atoms with Gasteiger partial charge in [-0.05, 0) is 35.5 Å². The highest BCUT2D eigenvalue weighted by Gasteiger charge is 2.38. The third kappa shape index (κ3) is 5.43. The molecule has 9 heteroatoms. The molecule has 0 aliphatic carbocycles. The van der Waals surface area contributed by atoms with Crippen molar-refractivity contribution < 1.29 is 19.5 Å². The van der Waals surface area contributed by atoms with E-state index in [-0.39, 0.29) is 23.6 Å². The van der Waals surface area contributed by atoms with Gasteiger partial charge in [-0.1, -0.05) is 38.1 Å². The van der Waals surface area contributed by atoms with Crippen molar-refractivity contribution in [3.8, 4) is 16.3 Å². The topological polar surface area (TPSA) is 112 Å². The molecule has 1 fully saturated rings. The van der Waals surface area contributed by atoms with E-state index in [0.29, 0.717) is 31.8 Å². The summed E-state index contributed by atoms with van der Waals surface area (Å²) < 4.78 is 5.28. The Morgan fingerprint density at radius 2 is 2.09 bits per heavy atom. The number of benzene rings is 1. The van der Waals surface area contributed by atoms with Gasteiger partial charge in [0, 0.05) is 31.6 Å². The lowest BCUT2D eigenvalue weighted by Gasteiger charge is -2.28. The van der Waals surface area contributed by atoms with Gasteiger partial charge in [-0.3, -0.25) is 9.69 Å². The summed E-state index contributed by atoms with van der Waals surface area (Å²) in [6.45, 7) is 7.49. The molecule has 1 saturated heterocycles. The standard InChI is InChI=1S/C24H30N4O4S/c1-14(2)19(21-9-22(30)27-32-21)12-28-11-18(29)8-20(28)24(31)25-10-16-4-6-17(7-5-16)23-15(3)26-13-33-23/h4-7,9,13-14,18-20,29H,8,10-12H2,1-3H3,(H,25,31)(H,27,30)/t18-,19?,20+/m1/s1. The quantitative estimate of drug-likeness (QED) is 0.463. The first kappa shape index (κ1) is 23.4. The Kier molecular flexibility index (Phi) is 7.11. The second kappa shape index (κ2) is 10.0. The highest BCUT2D eigenvalue weighted by atomic mass is 32.1. The zero-order valence-electron chi connectivity index (χ0n) is 19.1. The molecule has 2 aromatic heterocycles. The molecule has 1 aromatic carbocycles. The number of rotatable bonds is 8. The SMILES string of the molecule is Cc1ncsc1-c1ccc(CNC(=O)[C@@H]2C[C@@H](O)CN2CC(c2cc(O)no2)C(C)C)cc1. The van der Waals surface area contributed by atoms with Crippen LogP contribution in [0.4, 0.5) is 0 Å². The fourth-order valence-electron chi connectivity index (χ4n) is 4.35. The Hall–Kier alpha value is -2.75. The van der Waals surface area contributed by atoms with E-state index in [9.17, 15) is 15.0 Å². The number of likely N-dealkylation sites (tertiary alicyclic amines) is 1. The van der Waals surface area contributed by atoms with Crippen LogP contribution in [0.25, 0.3) is 10.4 Å². The average molecular weight is 471 g/mol. The van der Waals surface area contributed by atoms with Gasteiger partial charge in [0.1, 0.15) is 5.76 Å². The second-order valence-electron chi connectivity index (χ2n) is 8.98. The molecule has 0 bridgehead atoms. The van der Waals surface area contributed by atoms with Gasteiger partial charge in [-0.2, -0.15) is 0 Å². The van der Waals surface area contributed by atoms with Crippen molar-refractivity contribution in [1.82, 2.24) is 20.4 Å². The number of carbonyl (C=O) groups excluding carboxylic acids is 1. The highest BCUT2D eigenvalue weighted by Crippen LogP contribution is 2.31. The predicted molar refractivity (Wildman–Crippen MR) is 126 cm³/mol. The van der Waals surface area contributed by atoms with E-state index in [1.54, 1.807) is 11.3 Å². The van der Waals surface area contributed by atoms with E-state index in [1.807, 2.05) is 41.6 Å². The first-order valence-corrected chi connectivity index (χ1v) is 12.0. The van der Waals surface area contributed by atoms with Crippen LogP contribution in [0.15, 0.2) is 40.4 Å². The maximum atomic E-state index is 13.0. The summed E-state index contributed by atoms with van der Waals surface area (Å²) >= 11 is 1.62. The number of aromatic nitrogens is 2. The Morgan fingerprint density at radius 3 is 2.70 bits per heavy atom. The van der Waals surface area contributed by atoms with Crippen LogP contribution in [-0.2, 0) is 11.3 Å². The van der Waals surface area contributed by atoms with E-state index in [4.69, 9.17) is 4.52 Å². The summed E-state index contributed by atoms with van der Waals surface area (Å²) in [4.78, 5) is 20.5. The number of nitrogens with zero attached hydrogens (tertiary/aromatic N) is 3. The molecule has 33 heavy (non-hydrogen) atoms. The molecule has 1 aliphatic heterocycles. The molecule has 8 nitrogen and oxygen atoms in total. The Bertz CT molecular complexity index is 1080. The van der Waals surface area contributed by atoms with Gasteiger partial charge >= 0.3 is 0 Å². The van der Waals surface area contributed by atoms with Crippen molar-refractivity contribution in [2.45, 2.75) is 51.8 Å². The summed E-state index contributed by atoms with van der Waals surface area (Å²) in [6, 6.07) is 9.23. The smallest absolute Gasteiger partial charge is 0.251 e.